The molecule has 1 atom stereocenters. The third-order valence-corrected chi connectivity index (χ3v) is 3.91. The highest BCUT2D eigenvalue weighted by molar-refractivity contribution is 6.02. The summed E-state index contributed by atoms with van der Waals surface area (Å²) in [6.07, 6.45) is -0.190. The quantitative estimate of drug-likeness (QED) is 0.325. The zero-order valence-electron chi connectivity index (χ0n) is 14.7. The van der Waals surface area contributed by atoms with Crippen molar-refractivity contribution in [2.24, 2.45) is 0 Å². The van der Waals surface area contributed by atoms with E-state index in [1.165, 1.54) is 26.2 Å². The molecule has 7 nitrogen and oxygen atoms in total. The largest absolute Gasteiger partial charge is 0.496 e. The highest BCUT2D eigenvalue weighted by Gasteiger charge is 2.24. The summed E-state index contributed by atoms with van der Waals surface area (Å²) in [5.41, 5.74) is 1.13. The van der Waals surface area contributed by atoms with Gasteiger partial charge in [0, 0.05) is 17.7 Å². The normalized spacial score (nSPS) is 11.5. The Kier molecular flexibility index (Phi) is 6.06. The number of Topliss-reactive ketones (excluding diaryl/α,β-unsaturated/α-hetero) is 1. The van der Waals surface area contributed by atoms with E-state index in [4.69, 9.17) is 9.47 Å². The highest BCUT2D eigenvalue weighted by Crippen LogP contribution is 2.25. The minimum atomic E-state index is -1.04. The van der Waals surface area contributed by atoms with Crippen molar-refractivity contribution in [3.8, 4) is 5.75 Å². The predicted molar refractivity (Wildman–Crippen MR) is 94.7 cm³/mol. The van der Waals surface area contributed by atoms with E-state index in [9.17, 15) is 19.7 Å². The molecule has 0 saturated carbocycles. The Morgan fingerprint density at radius 3 is 2.35 bits per heavy atom. The number of non-ortho nitro benzene ring substituents is 1. The minimum Gasteiger partial charge on any atom is -0.496 e. The van der Waals surface area contributed by atoms with Gasteiger partial charge in [-0.3, -0.25) is 14.9 Å². The molecule has 2 aromatic carbocycles. The Morgan fingerprint density at radius 1 is 1.15 bits per heavy atom. The Hall–Kier alpha value is -3.22. The van der Waals surface area contributed by atoms with Gasteiger partial charge in [0.2, 0.25) is 5.78 Å². The molecule has 0 aliphatic rings. The van der Waals surface area contributed by atoms with Crippen molar-refractivity contribution in [3.05, 3.63) is 69.3 Å². The molecule has 0 aliphatic heterocycles. The van der Waals surface area contributed by atoms with Crippen LogP contribution in [-0.2, 0) is 11.2 Å². The Labute approximate surface area is 150 Å². The third kappa shape index (κ3) is 4.24. The van der Waals surface area contributed by atoms with Gasteiger partial charge in [-0.2, -0.15) is 0 Å². The number of nitro benzene ring substituents is 1. The molecular formula is C19H19NO6. The Morgan fingerprint density at radius 2 is 1.81 bits per heavy atom. The first kappa shape index (κ1) is 19.1. The monoisotopic (exact) mass is 357 g/mol. The zero-order chi connectivity index (χ0) is 19.3. The van der Waals surface area contributed by atoms with Crippen LogP contribution in [0.3, 0.4) is 0 Å². The first-order valence-electron chi connectivity index (χ1n) is 8.04. The summed E-state index contributed by atoms with van der Waals surface area (Å²) in [6.45, 7) is 3.46. The smallest absolute Gasteiger partial charge is 0.342 e. The molecule has 26 heavy (non-hydrogen) atoms. The van der Waals surface area contributed by atoms with Gasteiger partial charge in [0.25, 0.3) is 5.69 Å². The number of benzene rings is 2. The van der Waals surface area contributed by atoms with Gasteiger partial charge in [-0.1, -0.05) is 31.2 Å². The number of nitro groups is 1. The summed E-state index contributed by atoms with van der Waals surface area (Å²) in [4.78, 5) is 35.1. The van der Waals surface area contributed by atoms with Crippen LogP contribution in [0.2, 0.25) is 0 Å². The van der Waals surface area contributed by atoms with Gasteiger partial charge >= 0.3 is 5.97 Å². The second-order valence-electron chi connectivity index (χ2n) is 5.60. The highest BCUT2D eigenvalue weighted by atomic mass is 16.6. The molecular weight excluding hydrogens is 338 g/mol. The topological polar surface area (TPSA) is 95.7 Å². The van der Waals surface area contributed by atoms with Crippen molar-refractivity contribution in [3.63, 3.8) is 0 Å². The van der Waals surface area contributed by atoms with E-state index in [1.807, 2.05) is 19.1 Å². The molecule has 0 fully saturated rings. The molecule has 136 valence electrons. The molecule has 0 amide bonds. The van der Waals surface area contributed by atoms with Gasteiger partial charge in [-0.25, -0.2) is 4.79 Å². The lowest BCUT2D eigenvalue weighted by Gasteiger charge is -2.14. The van der Waals surface area contributed by atoms with Crippen LogP contribution in [-0.4, -0.2) is 29.9 Å². The molecule has 2 aromatic rings. The summed E-state index contributed by atoms with van der Waals surface area (Å²) in [6, 6.07) is 10.6. The van der Waals surface area contributed by atoms with Crippen molar-refractivity contribution < 1.29 is 24.0 Å². The van der Waals surface area contributed by atoms with Crippen LogP contribution < -0.4 is 4.74 Å². The molecule has 2 rings (SSSR count). The number of carbonyl (C=O) groups is 2. The van der Waals surface area contributed by atoms with Crippen LogP contribution in [0.5, 0.6) is 5.75 Å². The van der Waals surface area contributed by atoms with E-state index in [-0.39, 0.29) is 22.8 Å². The second kappa shape index (κ2) is 8.24. The van der Waals surface area contributed by atoms with Gasteiger partial charge < -0.3 is 9.47 Å². The van der Waals surface area contributed by atoms with Crippen molar-refractivity contribution in [2.75, 3.05) is 7.11 Å². The third-order valence-electron chi connectivity index (χ3n) is 3.91. The van der Waals surface area contributed by atoms with Crippen LogP contribution in [0.25, 0.3) is 0 Å². The number of nitrogens with zero attached hydrogens (tertiary/aromatic N) is 1. The van der Waals surface area contributed by atoms with Gasteiger partial charge in [-0.05, 0) is 25.0 Å². The van der Waals surface area contributed by atoms with E-state index >= 15 is 0 Å². The number of ether oxygens (including phenoxy) is 2. The number of aryl methyl sites for hydroxylation is 1. The number of ketones is 1. The average molecular weight is 357 g/mol. The molecule has 0 heterocycles. The van der Waals surface area contributed by atoms with E-state index in [2.05, 4.69) is 0 Å². The molecule has 0 radical (unpaired) electrons. The van der Waals surface area contributed by atoms with Crippen LogP contribution >= 0.6 is 0 Å². The molecule has 0 saturated heterocycles. The number of carbonyl (C=O) groups excluding carboxylic acids is 2. The summed E-state index contributed by atoms with van der Waals surface area (Å²) < 4.78 is 10.2. The molecule has 7 heteroatoms. The maximum absolute atomic E-state index is 12.4. The number of hydrogen-bond acceptors (Lipinski definition) is 6. The molecule has 0 bridgehead atoms. The fraction of sp³-hybridized carbons (Fsp3) is 0.263. The summed E-state index contributed by atoms with van der Waals surface area (Å²) in [5.74, 6) is -1.09. The van der Waals surface area contributed by atoms with Gasteiger partial charge in [0.15, 0.2) is 6.10 Å². The maximum Gasteiger partial charge on any atom is 0.342 e. The molecule has 0 aromatic heterocycles. The summed E-state index contributed by atoms with van der Waals surface area (Å²) in [7, 11) is 1.34. The van der Waals surface area contributed by atoms with Crippen LogP contribution in [0.4, 0.5) is 5.69 Å². The minimum absolute atomic E-state index is 0.109. The first-order valence-corrected chi connectivity index (χ1v) is 8.04. The van der Waals surface area contributed by atoms with Crippen LogP contribution in [0.15, 0.2) is 42.5 Å². The fourth-order valence-corrected chi connectivity index (χ4v) is 2.39. The molecule has 0 unspecified atom stereocenters. The second-order valence-corrected chi connectivity index (χ2v) is 5.60. The van der Waals surface area contributed by atoms with E-state index < -0.39 is 17.0 Å². The lowest BCUT2D eigenvalue weighted by atomic mass is 10.0. The van der Waals surface area contributed by atoms with Crippen molar-refractivity contribution in [2.45, 2.75) is 26.4 Å². The van der Waals surface area contributed by atoms with Crippen molar-refractivity contribution in [1.82, 2.24) is 0 Å². The predicted octanol–water partition coefficient (Wildman–Crippen LogP) is 3.59. The van der Waals surface area contributed by atoms with E-state index in [1.54, 1.807) is 12.1 Å². The van der Waals surface area contributed by atoms with Gasteiger partial charge in [0.1, 0.15) is 11.3 Å². The average Bonchev–Trinajstić information content (AvgIpc) is 2.66. The Balaban J connectivity index is 2.18. The number of esters is 1. The van der Waals surface area contributed by atoms with Crippen molar-refractivity contribution >= 4 is 17.4 Å². The maximum atomic E-state index is 12.4. The van der Waals surface area contributed by atoms with E-state index in [0.29, 0.717) is 5.56 Å². The Bertz CT molecular complexity index is 828. The number of hydrogen-bond donors (Lipinski definition) is 0. The number of methoxy groups -OCH3 is 1. The summed E-state index contributed by atoms with van der Waals surface area (Å²) in [5, 5.41) is 10.9. The lowest BCUT2D eigenvalue weighted by Crippen LogP contribution is -2.24. The number of rotatable bonds is 7. The van der Waals surface area contributed by atoms with Crippen molar-refractivity contribution in [1.29, 1.82) is 0 Å². The lowest BCUT2D eigenvalue weighted by molar-refractivity contribution is -0.384. The van der Waals surface area contributed by atoms with E-state index in [0.717, 1.165) is 18.1 Å². The molecule has 0 aliphatic carbocycles. The summed E-state index contributed by atoms with van der Waals surface area (Å²) >= 11 is 0. The fourth-order valence-electron chi connectivity index (χ4n) is 2.39. The standard InChI is InChI=1S/C19H19NO6/c1-4-13-5-7-14(8-6-13)18(21)12(2)26-19(22)16-11-15(20(23)24)9-10-17(16)25-3/h5-12H,4H2,1-3H3/t12-/m1/s1. The van der Waals surface area contributed by atoms with Crippen LogP contribution in [0, 0.1) is 10.1 Å². The first-order chi connectivity index (χ1) is 12.4. The zero-order valence-corrected chi connectivity index (χ0v) is 14.7. The van der Waals surface area contributed by atoms with Gasteiger partial charge in [-0.15, -0.1) is 0 Å². The van der Waals surface area contributed by atoms with Crippen LogP contribution in [0.1, 0.15) is 40.1 Å². The molecule has 0 N–H and O–H groups in total. The SMILES string of the molecule is CCc1ccc(C(=O)[C@@H](C)OC(=O)c2cc([N+](=O)[O-])ccc2OC)cc1. The van der Waals surface area contributed by atoms with Gasteiger partial charge in [0.05, 0.1) is 12.0 Å². The molecule has 0 spiro atoms.